The zero-order valence-corrected chi connectivity index (χ0v) is 14.2. The topological polar surface area (TPSA) is 67.2 Å². The van der Waals surface area contributed by atoms with Crippen LogP contribution in [-0.4, -0.2) is 62.7 Å². The third-order valence-corrected chi connectivity index (χ3v) is 5.02. The lowest BCUT2D eigenvalue weighted by atomic mass is 9.96. The number of likely N-dealkylation sites (tertiary alicyclic amines) is 1. The third kappa shape index (κ3) is 2.81. The average molecular weight is 350 g/mol. The van der Waals surface area contributed by atoms with Gasteiger partial charge in [0.15, 0.2) is 5.65 Å². The molecule has 0 saturated carbocycles. The molecule has 4 heterocycles. The van der Waals surface area contributed by atoms with Gasteiger partial charge in [0, 0.05) is 46.1 Å². The number of aromatic nitrogens is 4. The van der Waals surface area contributed by atoms with E-state index < -0.39 is 5.92 Å². The molecule has 0 aromatic carbocycles. The van der Waals surface area contributed by atoms with Gasteiger partial charge in [0.05, 0.1) is 17.5 Å². The van der Waals surface area contributed by atoms with Crippen LogP contribution in [-0.2, 0) is 11.8 Å². The highest BCUT2D eigenvalue weighted by molar-refractivity contribution is 5.89. The summed E-state index contributed by atoms with van der Waals surface area (Å²) in [6, 6.07) is 0. The maximum atomic E-state index is 13.2. The minimum absolute atomic E-state index is 0.0278. The molecule has 7 nitrogen and oxygen atoms in total. The first-order valence-corrected chi connectivity index (χ1v) is 8.42. The summed E-state index contributed by atoms with van der Waals surface area (Å²) in [5.41, 5.74) is 0.760. The molecule has 0 atom stereocenters. The average Bonchev–Trinajstić information content (AvgIpc) is 2.87. The van der Waals surface area contributed by atoms with Crippen molar-refractivity contribution in [3.63, 3.8) is 0 Å². The highest BCUT2D eigenvalue weighted by Gasteiger charge is 2.41. The van der Waals surface area contributed by atoms with Gasteiger partial charge in [-0.25, -0.2) is 18.7 Å². The molecule has 2 aromatic heterocycles. The first-order chi connectivity index (χ1) is 11.8. The molecule has 25 heavy (non-hydrogen) atoms. The third-order valence-electron chi connectivity index (χ3n) is 5.02. The van der Waals surface area contributed by atoms with Crippen molar-refractivity contribution in [1.29, 1.82) is 0 Å². The van der Waals surface area contributed by atoms with Crippen molar-refractivity contribution in [2.24, 2.45) is 13.0 Å². The van der Waals surface area contributed by atoms with Gasteiger partial charge in [0.2, 0.25) is 5.91 Å². The Bertz CT molecular complexity index is 819. The quantitative estimate of drug-likeness (QED) is 0.818. The van der Waals surface area contributed by atoms with Crippen LogP contribution < -0.4 is 4.90 Å². The number of fused-ring (bicyclic) bond motifs is 1. The summed E-state index contributed by atoms with van der Waals surface area (Å²) >= 11 is 0. The van der Waals surface area contributed by atoms with Crippen molar-refractivity contribution in [1.82, 2.24) is 24.6 Å². The van der Waals surface area contributed by atoms with Crippen molar-refractivity contribution >= 4 is 22.8 Å². The minimum atomic E-state index is -2.63. The summed E-state index contributed by atoms with van der Waals surface area (Å²) in [4.78, 5) is 25.0. The van der Waals surface area contributed by atoms with Crippen LogP contribution in [0.2, 0.25) is 0 Å². The highest BCUT2D eigenvalue weighted by atomic mass is 19.3. The van der Waals surface area contributed by atoms with Crippen LogP contribution in [0, 0.1) is 12.8 Å². The number of hydrogen-bond acceptors (Lipinski definition) is 5. The minimum Gasteiger partial charge on any atom is -0.354 e. The molecule has 4 rings (SSSR count). The van der Waals surface area contributed by atoms with Crippen LogP contribution in [0.4, 0.5) is 14.6 Å². The summed E-state index contributed by atoms with van der Waals surface area (Å²) in [5.74, 6) is -1.38. The maximum Gasteiger partial charge on any atom is 0.251 e. The summed E-state index contributed by atoms with van der Waals surface area (Å²) < 4.78 is 28.2. The molecule has 2 fully saturated rings. The van der Waals surface area contributed by atoms with E-state index in [1.54, 1.807) is 15.8 Å². The lowest BCUT2D eigenvalue weighted by molar-refractivity contribution is -0.142. The van der Waals surface area contributed by atoms with Crippen LogP contribution in [0.5, 0.6) is 0 Å². The normalized spacial score (nSPS) is 20.8. The number of anilines is 1. The van der Waals surface area contributed by atoms with Gasteiger partial charge in [-0.1, -0.05) is 0 Å². The summed E-state index contributed by atoms with van der Waals surface area (Å²) in [6.07, 6.45) is 1.25. The number of piperidine rings is 1. The number of carbonyl (C=O) groups is 1. The number of hydrogen-bond donors (Lipinski definition) is 0. The maximum absolute atomic E-state index is 13.2. The Hall–Kier alpha value is -2.32. The van der Waals surface area contributed by atoms with Crippen molar-refractivity contribution in [3.05, 3.63) is 12.0 Å². The van der Waals surface area contributed by atoms with Crippen LogP contribution in [0.1, 0.15) is 18.7 Å². The van der Waals surface area contributed by atoms with Gasteiger partial charge in [-0.05, 0) is 6.92 Å². The van der Waals surface area contributed by atoms with E-state index in [1.165, 1.54) is 0 Å². The highest BCUT2D eigenvalue weighted by Crippen LogP contribution is 2.32. The fourth-order valence-corrected chi connectivity index (χ4v) is 3.47. The smallest absolute Gasteiger partial charge is 0.251 e. The molecule has 0 radical (unpaired) electrons. The largest absolute Gasteiger partial charge is 0.354 e. The number of amides is 1. The summed E-state index contributed by atoms with van der Waals surface area (Å²) in [7, 11) is 1.83. The van der Waals surface area contributed by atoms with Crippen LogP contribution in [0.15, 0.2) is 6.20 Å². The zero-order chi connectivity index (χ0) is 17.8. The molecule has 1 amide bonds. The molecule has 0 aliphatic carbocycles. The Morgan fingerprint density at radius 1 is 1.24 bits per heavy atom. The van der Waals surface area contributed by atoms with E-state index >= 15 is 0 Å². The first kappa shape index (κ1) is 16.2. The number of carbonyl (C=O) groups excluding carboxylic acids is 1. The fraction of sp³-hybridized carbons (Fsp3) is 0.625. The number of halogens is 2. The Balaban J connectivity index is 1.45. The molecule has 134 valence electrons. The Labute approximate surface area is 143 Å². The molecular formula is C16H20F2N6O. The second-order valence-electron chi connectivity index (χ2n) is 6.88. The van der Waals surface area contributed by atoms with Crippen molar-refractivity contribution in [2.75, 3.05) is 31.1 Å². The monoisotopic (exact) mass is 350 g/mol. The summed E-state index contributed by atoms with van der Waals surface area (Å²) in [6.45, 7) is 3.20. The van der Waals surface area contributed by atoms with E-state index in [-0.39, 0.29) is 37.8 Å². The van der Waals surface area contributed by atoms with Gasteiger partial charge in [-0.2, -0.15) is 5.10 Å². The standard InChI is InChI=1S/C16H20F2N6O/c1-10-20-13-12(7-19-22(13)2)14(21-10)24-8-11(9-24)15(25)23-5-3-16(17,18)4-6-23/h7,11H,3-6,8-9H2,1-2H3. The van der Waals surface area contributed by atoms with E-state index in [0.717, 1.165) is 16.9 Å². The predicted molar refractivity (Wildman–Crippen MR) is 87.5 cm³/mol. The Kier molecular flexibility index (Phi) is 3.62. The number of aryl methyl sites for hydroxylation is 2. The van der Waals surface area contributed by atoms with E-state index in [9.17, 15) is 13.6 Å². The SMILES string of the molecule is Cc1nc(N2CC(C(=O)N3CCC(F)(F)CC3)C2)c2cnn(C)c2n1. The van der Waals surface area contributed by atoms with Crippen LogP contribution in [0.3, 0.4) is 0 Å². The second kappa shape index (κ2) is 5.60. The van der Waals surface area contributed by atoms with E-state index in [1.807, 2.05) is 18.9 Å². The van der Waals surface area contributed by atoms with Gasteiger partial charge in [0.25, 0.3) is 5.92 Å². The van der Waals surface area contributed by atoms with Crippen LogP contribution >= 0.6 is 0 Å². The summed E-state index contributed by atoms with van der Waals surface area (Å²) in [5, 5.41) is 5.08. The Morgan fingerprint density at radius 2 is 1.92 bits per heavy atom. The number of rotatable bonds is 2. The molecule has 2 aliphatic heterocycles. The van der Waals surface area contributed by atoms with E-state index in [4.69, 9.17) is 0 Å². The fourth-order valence-electron chi connectivity index (χ4n) is 3.47. The van der Waals surface area contributed by atoms with Crippen molar-refractivity contribution in [3.8, 4) is 0 Å². The van der Waals surface area contributed by atoms with Crippen LogP contribution in [0.25, 0.3) is 11.0 Å². The van der Waals surface area contributed by atoms with E-state index in [0.29, 0.717) is 18.9 Å². The van der Waals surface area contributed by atoms with Crippen molar-refractivity contribution in [2.45, 2.75) is 25.7 Å². The molecule has 9 heteroatoms. The van der Waals surface area contributed by atoms with Gasteiger partial charge in [0.1, 0.15) is 11.6 Å². The second-order valence-corrected chi connectivity index (χ2v) is 6.88. The van der Waals surface area contributed by atoms with Gasteiger partial charge < -0.3 is 9.80 Å². The molecule has 2 aromatic rings. The van der Waals surface area contributed by atoms with Crippen molar-refractivity contribution < 1.29 is 13.6 Å². The predicted octanol–water partition coefficient (Wildman–Crippen LogP) is 1.37. The lowest BCUT2D eigenvalue weighted by Crippen LogP contribution is -2.56. The van der Waals surface area contributed by atoms with E-state index in [2.05, 4.69) is 15.1 Å². The van der Waals surface area contributed by atoms with Gasteiger partial charge >= 0.3 is 0 Å². The molecule has 0 N–H and O–H groups in total. The van der Waals surface area contributed by atoms with Gasteiger partial charge in [-0.15, -0.1) is 0 Å². The molecular weight excluding hydrogens is 330 g/mol. The molecule has 0 unspecified atom stereocenters. The first-order valence-electron chi connectivity index (χ1n) is 8.42. The molecule has 2 aliphatic rings. The molecule has 2 saturated heterocycles. The molecule has 0 bridgehead atoms. The van der Waals surface area contributed by atoms with Gasteiger partial charge in [-0.3, -0.25) is 9.48 Å². The lowest BCUT2D eigenvalue weighted by Gasteiger charge is -2.42. The Morgan fingerprint density at radius 3 is 2.60 bits per heavy atom. The molecule has 0 spiro atoms. The number of nitrogens with zero attached hydrogens (tertiary/aromatic N) is 6. The zero-order valence-electron chi connectivity index (χ0n) is 14.2. The number of alkyl halides is 2.